The van der Waals surface area contributed by atoms with Crippen LogP contribution in [0.15, 0.2) is 34.3 Å². The van der Waals surface area contributed by atoms with Crippen molar-refractivity contribution in [1.82, 2.24) is 0 Å². The van der Waals surface area contributed by atoms with Gasteiger partial charge in [-0.2, -0.15) is 0 Å². The maximum absolute atomic E-state index is 5.60. The van der Waals surface area contributed by atoms with Gasteiger partial charge in [0, 0.05) is 11.0 Å². The molecule has 2 N–H and O–H groups in total. The molecule has 0 fully saturated rings. The minimum absolute atomic E-state index is 0.637. The molecular weight excluding hydrogens is 226 g/mol. The number of halogens is 1. The third-order valence-corrected chi connectivity index (χ3v) is 2.70. The lowest BCUT2D eigenvalue weighted by molar-refractivity contribution is 1.02. The summed E-state index contributed by atoms with van der Waals surface area (Å²) in [6.45, 7) is 2.76. The average molecular weight is 240 g/mol. The number of benzene rings is 1. The van der Waals surface area contributed by atoms with Crippen molar-refractivity contribution in [3.05, 3.63) is 39.9 Å². The molecule has 0 radical (unpaired) electrons. The Morgan fingerprint density at radius 2 is 2.15 bits per heavy atom. The van der Waals surface area contributed by atoms with Crippen LogP contribution in [0.25, 0.3) is 6.08 Å². The zero-order chi connectivity index (χ0) is 9.68. The van der Waals surface area contributed by atoms with Gasteiger partial charge in [0.2, 0.25) is 0 Å². The number of hydrogen-bond acceptors (Lipinski definition) is 1. The Labute approximate surface area is 87.8 Å². The van der Waals surface area contributed by atoms with E-state index in [1.165, 1.54) is 11.1 Å². The molecule has 0 bridgehead atoms. The van der Waals surface area contributed by atoms with Crippen molar-refractivity contribution in [3.63, 3.8) is 0 Å². The third kappa shape index (κ3) is 2.98. The fourth-order valence-electron chi connectivity index (χ4n) is 1.12. The van der Waals surface area contributed by atoms with Crippen LogP contribution in [0.3, 0.4) is 0 Å². The summed E-state index contributed by atoms with van der Waals surface area (Å²) in [5.74, 6) is 0. The van der Waals surface area contributed by atoms with Gasteiger partial charge in [-0.3, -0.25) is 0 Å². The van der Waals surface area contributed by atoms with Crippen LogP contribution < -0.4 is 5.73 Å². The monoisotopic (exact) mass is 239 g/mol. The highest BCUT2D eigenvalue weighted by Crippen LogP contribution is 2.19. The molecule has 0 aromatic heterocycles. The normalized spacial score (nSPS) is 11.8. The predicted octanol–water partition coefficient (Wildman–Crippen LogP) is 3.20. The quantitative estimate of drug-likeness (QED) is 0.862. The fraction of sp³-hybridized carbons (Fsp3) is 0.273. The van der Waals surface area contributed by atoms with E-state index in [0.29, 0.717) is 6.54 Å². The Morgan fingerprint density at radius 1 is 1.46 bits per heavy atom. The summed E-state index contributed by atoms with van der Waals surface area (Å²) in [6, 6.07) is 8.15. The molecule has 0 unspecified atom stereocenters. The van der Waals surface area contributed by atoms with E-state index < -0.39 is 0 Å². The summed E-state index contributed by atoms with van der Waals surface area (Å²) in [6.07, 6.45) is 3.15. The molecule has 1 aromatic carbocycles. The van der Waals surface area contributed by atoms with Crippen molar-refractivity contribution in [2.45, 2.75) is 13.3 Å². The average Bonchev–Trinajstić information content (AvgIpc) is 2.17. The first-order chi connectivity index (χ1) is 6.27. The van der Waals surface area contributed by atoms with Gasteiger partial charge >= 0.3 is 0 Å². The molecule has 70 valence electrons. The summed E-state index contributed by atoms with van der Waals surface area (Å²) < 4.78 is 1.12. The molecular formula is C11H14BrN. The molecule has 0 heterocycles. The summed E-state index contributed by atoms with van der Waals surface area (Å²) in [4.78, 5) is 0. The molecule has 1 aromatic rings. The Morgan fingerprint density at radius 3 is 2.69 bits per heavy atom. The van der Waals surface area contributed by atoms with E-state index in [2.05, 4.69) is 35.0 Å². The minimum Gasteiger partial charge on any atom is -0.327 e. The molecule has 0 aliphatic carbocycles. The first-order valence-electron chi connectivity index (χ1n) is 4.42. The van der Waals surface area contributed by atoms with Crippen molar-refractivity contribution in [1.29, 1.82) is 0 Å². The van der Waals surface area contributed by atoms with Gasteiger partial charge in [0.15, 0.2) is 0 Å². The van der Waals surface area contributed by atoms with Crippen molar-refractivity contribution >= 4 is 22.0 Å². The van der Waals surface area contributed by atoms with Crippen molar-refractivity contribution in [2.24, 2.45) is 5.73 Å². The zero-order valence-corrected chi connectivity index (χ0v) is 9.34. The van der Waals surface area contributed by atoms with Gasteiger partial charge in [-0.15, -0.1) is 0 Å². The van der Waals surface area contributed by atoms with E-state index in [1.807, 2.05) is 18.2 Å². The number of hydrogen-bond donors (Lipinski definition) is 1. The molecule has 2 heteroatoms. The van der Waals surface area contributed by atoms with E-state index in [1.54, 1.807) is 0 Å². The lowest BCUT2D eigenvalue weighted by atomic mass is 10.1. The van der Waals surface area contributed by atoms with Crippen LogP contribution in [-0.4, -0.2) is 6.54 Å². The lowest BCUT2D eigenvalue weighted by Gasteiger charge is -2.02. The Bertz CT molecular complexity index is 299. The van der Waals surface area contributed by atoms with Gasteiger partial charge in [-0.1, -0.05) is 52.7 Å². The maximum atomic E-state index is 5.60. The molecule has 0 amide bonds. The van der Waals surface area contributed by atoms with Crippen LogP contribution in [-0.2, 0) is 0 Å². The van der Waals surface area contributed by atoms with Gasteiger partial charge in [-0.25, -0.2) is 0 Å². The fourth-order valence-corrected chi connectivity index (χ4v) is 1.52. The van der Waals surface area contributed by atoms with E-state index in [9.17, 15) is 0 Å². The molecule has 13 heavy (non-hydrogen) atoms. The first kappa shape index (κ1) is 10.5. The molecule has 0 atom stereocenters. The SMILES string of the molecule is CC/C(=C/c1ccccc1Br)CN. The van der Waals surface area contributed by atoms with Gasteiger partial charge in [0.1, 0.15) is 0 Å². The van der Waals surface area contributed by atoms with Crippen LogP contribution in [0.5, 0.6) is 0 Å². The predicted molar refractivity (Wildman–Crippen MR) is 61.5 cm³/mol. The second-order valence-corrected chi connectivity index (χ2v) is 3.74. The highest BCUT2D eigenvalue weighted by Gasteiger charge is 1.96. The second-order valence-electron chi connectivity index (χ2n) is 2.88. The summed E-state index contributed by atoms with van der Waals surface area (Å²) in [7, 11) is 0. The third-order valence-electron chi connectivity index (χ3n) is 1.98. The van der Waals surface area contributed by atoms with Crippen molar-refractivity contribution in [3.8, 4) is 0 Å². The van der Waals surface area contributed by atoms with Crippen molar-refractivity contribution < 1.29 is 0 Å². The molecule has 1 rings (SSSR count). The van der Waals surface area contributed by atoms with E-state index >= 15 is 0 Å². The largest absolute Gasteiger partial charge is 0.327 e. The Hall–Kier alpha value is -0.600. The van der Waals surface area contributed by atoms with E-state index in [4.69, 9.17) is 5.73 Å². The van der Waals surface area contributed by atoms with Crippen LogP contribution >= 0.6 is 15.9 Å². The molecule has 0 saturated heterocycles. The lowest BCUT2D eigenvalue weighted by Crippen LogP contribution is -2.01. The minimum atomic E-state index is 0.637. The van der Waals surface area contributed by atoms with Gasteiger partial charge in [0.05, 0.1) is 0 Å². The standard InChI is InChI=1S/C11H14BrN/c1-2-9(8-13)7-10-5-3-4-6-11(10)12/h3-7H,2,8,13H2,1H3/b9-7-. The van der Waals surface area contributed by atoms with E-state index in [-0.39, 0.29) is 0 Å². The molecule has 0 aliphatic heterocycles. The number of rotatable bonds is 3. The van der Waals surface area contributed by atoms with Crippen LogP contribution in [0, 0.1) is 0 Å². The molecule has 0 aliphatic rings. The van der Waals surface area contributed by atoms with Gasteiger partial charge in [0.25, 0.3) is 0 Å². The molecule has 1 nitrogen and oxygen atoms in total. The topological polar surface area (TPSA) is 26.0 Å². The van der Waals surface area contributed by atoms with Crippen LogP contribution in [0.1, 0.15) is 18.9 Å². The summed E-state index contributed by atoms with van der Waals surface area (Å²) in [5, 5.41) is 0. The highest BCUT2D eigenvalue weighted by molar-refractivity contribution is 9.10. The highest BCUT2D eigenvalue weighted by atomic mass is 79.9. The maximum Gasteiger partial charge on any atom is 0.0247 e. The Kier molecular flexibility index (Phi) is 4.19. The van der Waals surface area contributed by atoms with Crippen LogP contribution in [0.2, 0.25) is 0 Å². The molecule has 0 spiro atoms. The smallest absolute Gasteiger partial charge is 0.0247 e. The van der Waals surface area contributed by atoms with Gasteiger partial charge < -0.3 is 5.73 Å². The van der Waals surface area contributed by atoms with Crippen LogP contribution in [0.4, 0.5) is 0 Å². The van der Waals surface area contributed by atoms with E-state index in [0.717, 1.165) is 10.9 Å². The number of nitrogens with two attached hydrogens (primary N) is 1. The second kappa shape index (κ2) is 5.20. The summed E-state index contributed by atoms with van der Waals surface area (Å²) in [5.41, 5.74) is 8.07. The first-order valence-corrected chi connectivity index (χ1v) is 5.21. The molecule has 0 saturated carbocycles. The zero-order valence-electron chi connectivity index (χ0n) is 7.76. The summed E-state index contributed by atoms with van der Waals surface area (Å²) >= 11 is 3.50. The van der Waals surface area contributed by atoms with Gasteiger partial charge in [-0.05, 0) is 18.1 Å². The Balaban J connectivity index is 2.95. The van der Waals surface area contributed by atoms with Crippen molar-refractivity contribution in [2.75, 3.05) is 6.54 Å².